The summed E-state index contributed by atoms with van der Waals surface area (Å²) in [5.74, 6) is 0.841. The molecule has 1 aromatic heterocycles. The summed E-state index contributed by atoms with van der Waals surface area (Å²) in [6, 6.07) is 6.47. The third kappa shape index (κ3) is 2.78. The molecular weight excluding hydrogens is 340 g/mol. The Morgan fingerprint density at radius 2 is 1.96 bits per heavy atom. The lowest BCUT2D eigenvalue weighted by Gasteiger charge is -2.34. The Morgan fingerprint density at radius 3 is 2.60 bits per heavy atom. The van der Waals surface area contributed by atoms with Crippen molar-refractivity contribution in [3.8, 4) is 0 Å². The topological polar surface area (TPSA) is 102 Å². The Bertz CT molecular complexity index is 872. The van der Waals surface area contributed by atoms with E-state index in [0.29, 0.717) is 29.6 Å². The zero-order valence-corrected chi connectivity index (χ0v) is 15.0. The Hall–Kier alpha value is -1.77. The van der Waals surface area contributed by atoms with Gasteiger partial charge in [0.2, 0.25) is 15.9 Å². The molecule has 0 bridgehead atoms. The van der Waals surface area contributed by atoms with Gasteiger partial charge >= 0.3 is 0 Å². The van der Waals surface area contributed by atoms with Crippen molar-refractivity contribution in [1.82, 2.24) is 14.4 Å². The first kappa shape index (κ1) is 16.7. The van der Waals surface area contributed by atoms with Gasteiger partial charge in [0.1, 0.15) is 6.04 Å². The molecule has 2 fully saturated rings. The molecule has 1 saturated carbocycles. The number of sulfonamides is 1. The van der Waals surface area contributed by atoms with Gasteiger partial charge in [0, 0.05) is 6.54 Å². The number of benzene rings is 1. The number of hydrogen-bond donors (Lipinski definition) is 1. The zero-order valence-electron chi connectivity index (χ0n) is 14.2. The fourth-order valence-electron chi connectivity index (χ4n) is 3.47. The van der Waals surface area contributed by atoms with E-state index in [9.17, 15) is 8.42 Å². The second kappa shape index (κ2) is 5.89. The van der Waals surface area contributed by atoms with Gasteiger partial charge in [-0.25, -0.2) is 8.42 Å². The van der Waals surface area contributed by atoms with Gasteiger partial charge in [-0.05, 0) is 51.2 Å². The van der Waals surface area contributed by atoms with Crippen molar-refractivity contribution in [2.75, 3.05) is 6.54 Å². The molecule has 1 saturated heterocycles. The SMILES string of the molecule is Cc1ccc(S(=O)(=O)N2CCCC2c2nc(C3(N)CCC3)no2)cc1. The average molecular weight is 362 g/mol. The van der Waals surface area contributed by atoms with Gasteiger partial charge in [-0.15, -0.1) is 0 Å². The summed E-state index contributed by atoms with van der Waals surface area (Å²) in [5.41, 5.74) is 6.75. The highest BCUT2D eigenvalue weighted by Crippen LogP contribution is 2.40. The zero-order chi connectivity index (χ0) is 17.7. The standard InChI is InChI=1S/C17H22N4O3S/c1-12-5-7-13(8-6-12)25(22,23)21-11-2-4-14(21)15-19-16(20-24-15)17(18)9-3-10-17/h5-8,14H,2-4,9-11,18H2,1H3. The maximum atomic E-state index is 13.0. The third-order valence-corrected chi connectivity index (χ3v) is 7.17. The van der Waals surface area contributed by atoms with Crippen molar-refractivity contribution < 1.29 is 12.9 Å². The maximum absolute atomic E-state index is 13.0. The highest BCUT2D eigenvalue weighted by Gasteiger charge is 2.43. The number of aromatic nitrogens is 2. The van der Waals surface area contributed by atoms with Crippen molar-refractivity contribution in [3.63, 3.8) is 0 Å². The van der Waals surface area contributed by atoms with Crippen LogP contribution in [0.2, 0.25) is 0 Å². The van der Waals surface area contributed by atoms with E-state index in [4.69, 9.17) is 10.3 Å². The van der Waals surface area contributed by atoms with Crippen LogP contribution in [0.4, 0.5) is 0 Å². The van der Waals surface area contributed by atoms with Crippen LogP contribution >= 0.6 is 0 Å². The molecule has 134 valence electrons. The van der Waals surface area contributed by atoms with Crippen LogP contribution in [0.15, 0.2) is 33.7 Å². The predicted molar refractivity (Wildman–Crippen MR) is 91.1 cm³/mol. The molecule has 2 heterocycles. The van der Waals surface area contributed by atoms with E-state index in [2.05, 4.69) is 10.1 Å². The summed E-state index contributed by atoms with van der Waals surface area (Å²) >= 11 is 0. The fourth-order valence-corrected chi connectivity index (χ4v) is 5.13. The van der Waals surface area contributed by atoms with E-state index in [1.165, 1.54) is 4.31 Å². The molecule has 1 aliphatic heterocycles. The predicted octanol–water partition coefficient (Wildman–Crippen LogP) is 2.24. The van der Waals surface area contributed by atoms with Crippen LogP contribution in [-0.2, 0) is 15.6 Å². The van der Waals surface area contributed by atoms with Gasteiger partial charge < -0.3 is 10.3 Å². The maximum Gasteiger partial charge on any atom is 0.245 e. The van der Waals surface area contributed by atoms with Crippen LogP contribution in [0.1, 0.15) is 55.4 Å². The van der Waals surface area contributed by atoms with Gasteiger partial charge in [0.05, 0.1) is 10.4 Å². The van der Waals surface area contributed by atoms with Crippen molar-refractivity contribution in [3.05, 3.63) is 41.5 Å². The molecule has 4 rings (SSSR count). The molecule has 8 heteroatoms. The van der Waals surface area contributed by atoms with E-state index in [1.54, 1.807) is 24.3 Å². The van der Waals surface area contributed by atoms with Gasteiger partial charge in [0.15, 0.2) is 5.82 Å². The van der Waals surface area contributed by atoms with E-state index in [-0.39, 0.29) is 0 Å². The molecule has 25 heavy (non-hydrogen) atoms. The summed E-state index contributed by atoms with van der Waals surface area (Å²) in [7, 11) is -3.60. The lowest BCUT2D eigenvalue weighted by atomic mass is 9.77. The van der Waals surface area contributed by atoms with Crippen molar-refractivity contribution in [1.29, 1.82) is 0 Å². The average Bonchev–Trinajstić information content (AvgIpc) is 3.22. The molecule has 1 aliphatic carbocycles. The minimum absolute atomic E-state index is 0.291. The van der Waals surface area contributed by atoms with E-state index in [0.717, 1.165) is 31.2 Å². The molecule has 7 nitrogen and oxygen atoms in total. The number of nitrogens with zero attached hydrogens (tertiary/aromatic N) is 3. The molecule has 2 aliphatic rings. The van der Waals surface area contributed by atoms with Crippen LogP contribution < -0.4 is 5.73 Å². The van der Waals surface area contributed by atoms with Crippen molar-refractivity contribution in [2.45, 2.75) is 55.5 Å². The number of nitrogens with two attached hydrogens (primary N) is 1. The second-order valence-corrected chi connectivity index (χ2v) is 8.94. The Morgan fingerprint density at radius 1 is 1.24 bits per heavy atom. The Balaban J connectivity index is 1.63. The highest BCUT2D eigenvalue weighted by atomic mass is 32.2. The van der Waals surface area contributed by atoms with Crippen LogP contribution in [0.3, 0.4) is 0 Å². The van der Waals surface area contributed by atoms with Gasteiger partial charge in [-0.3, -0.25) is 0 Å². The van der Waals surface area contributed by atoms with Crippen LogP contribution in [0, 0.1) is 6.92 Å². The summed E-state index contributed by atoms with van der Waals surface area (Å²) in [5, 5.41) is 4.02. The van der Waals surface area contributed by atoms with Crippen LogP contribution in [0.5, 0.6) is 0 Å². The molecule has 2 N–H and O–H groups in total. The summed E-state index contributed by atoms with van der Waals surface area (Å²) in [4.78, 5) is 4.74. The second-order valence-electron chi connectivity index (χ2n) is 7.05. The number of rotatable bonds is 4. The number of aryl methyl sites for hydroxylation is 1. The van der Waals surface area contributed by atoms with Gasteiger partial charge in [-0.2, -0.15) is 9.29 Å². The van der Waals surface area contributed by atoms with E-state index >= 15 is 0 Å². The van der Waals surface area contributed by atoms with Crippen molar-refractivity contribution >= 4 is 10.0 Å². The first-order valence-electron chi connectivity index (χ1n) is 8.62. The molecular formula is C17H22N4O3S. The molecule has 0 radical (unpaired) electrons. The minimum atomic E-state index is -3.60. The third-order valence-electron chi connectivity index (χ3n) is 5.25. The molecule has 2 aromatic rings. The first-order valence-corrected chi connectivity index (χ1v) is 10.1. The fraction of sp³-hybridized carbons (Fsp3) is 0.529. The summed E-state index contributed by atoms with van der Waals surface area (Å²) in [6.07, 6.45) is 4.16. The number of hydrogen-bond acceptors (Lipinski definition) is 6. The van der Waals surface area contributed by atoms with E-state index < -0.39 is 21.6 Å². The van der Waals surface area contributed by atoms with Gasteiger partial charge in [0.25, 0.3) is 0 Å². The molecule has 1 unspecified atom stereocenters. The Kier molecular flexibility index (Phi) is 3.93. The van der Waals surface area contributed by atoms with E-state index in [1.807, 2.05) is 6.92 Å². The Labute approximate surface area is 147 Å². The quantitative estimate of drug-likeness (QED) is 0.895. The minimum Gasteiger partial charge on any atom is -0.337 e. The smallest absolute Gasteiger partial charge is 0.245 e. The molecule has 0 amide bonds. The largest absolute Gasteiger partial charge is 0.337 e. The summed E-state index contributed by atoms with van der Waals surface area (Å²) in [6.45, 7) is 2.38. The molecule has 1 atom stereocenters. The lowest BCUT2D eigenvalue weighted by Crippen LogP contribution is -2.44. The lowest BCUT2D eigenvalue weighted by molar-refractivity contribution is 0.227. The molecule has 0 spiro atoms. The van der Waals surface area contributed by atoms with Crippen molar-refractivity contribution in [2.24, 2.45) is 5.73 Å². The summed E-state index contributed by atoms with van der Waals surface area (Å²) < 4.78 is 32.9. The normalized spacial score (nSPS) is 23.5. The monoisotopic (exact) mass is 362 g/mol. The first-order chi connectivity index (χ1) is 11.9. The van der Waals surface area contributed by atoms with Crippen LogP contribution in [-0.4, -0.2) is 29.4 Å². The highest BCUT2D eigenvalue weighted by molar-refractivity contribution is 7.89. The van der Waals surface area contributed by atoms with Crippen LogP contribution in [0.25, 0.3) is 0 Å². The molecule has 1 aromatic carbocycles. The van der Waals surface area contributed by atoms with Gasteiger partial charge in [-0.1, -0.05) is 22.9 Å².